The molecule has 1 N–H and O–H groups in total. The molecule has 8 nitrogen and oxygen atoms in total. The maximum absolute atomic E-state index is 14.1. The summed E-state index contributed by atoms with van der Waals surface area (Å²) in [6.07, 6.45) is 0.986. The summed E-state index contributed by atoms with van der Waals surface area (Å²) in [5.74, 6) is -1.15. The molecule has 0 aliphatic carbocycles. The fraction of sp³-hybridized carbons (Fsp3) is 0.0952. The normalized spacial score (nSPS) is 11.0. The van der Waals surface area contributed by atoms with E-state index in [9.17, 15) is 27.7 Å². The summed E-state index contributed by atoms with van der Waals surface area (Å²) in [5, 5.41) is 13.4. The fourth-order valence-electron chi connectivity index (χ4n) is 2.86. The zero-order valence-electron chi connectivity index (χ0n) is 16.4. The second-order valence-corrected chi connectivity index (χ2v) is 8.59. The first-order chi connectivity index (χ1) is 14.6. The molecule has 0 spiro atoms. The summed E-state index contributed by atoms with van der Waals surface area (Å²) in [6.45, 7) is -0.119. The molecule has 0 bridgehead atoms. The Kier molecular flexibility index (Phi) is 6.30. The maximum atomic E-state index is 14.1. The van der Waals surface area contributed by atoms with Gasteiger partial charge in [0.05, 0.1) is 23.4 Å². The van der Waals surface area contributed by atoms with E-state index in [-0.39, 0.29) is 29.2 Å². The third kappa shape index (κ3) is 5.43. The van der Waals surface area contributed by atoms with Crippen molar-refractivity contribution in [2.24, 2.45) is 0 Å². The van der Waals surface area contributed by atoms with E-state index in [0.717, 1.165) is 10.6 Å². The zero-order valence-corrected chi connectivity index (χ0v) is 17.2. The Balaban J connectivity index is 1.77. The molecule has 0 heterocycles. The minimum atomic E-state index is -3.76. The minimum Gasteiger partial charge on any atom is -0.322 e. The molecule has 31 heavy (non-hydrogen) atoms. The van der Waals surface area contributed by atoms with Gasteiger partial charge in [0.1, 0.15) is 5.82 Å². The average Bonchev–Trinajstić information content (AvgIpc) is 2.72. The molecule has 0 fully saturated rings. The predicted molar refractivity (Wildman–Crippen MR) is 115 cm³/mol. The Morgan fingerprint density at radius 3 is 2.35 bits per heavy atom. The number of amides is 1. The van der Waals surface area contributed by atoms with Gasteiger partial charge in [0.2, 0.25) is 10.0 Å². The lowest BCUT2D eigenvalue weighted by atomic mass is 10.1. The Morgan fingerprint density at radius 1 is 1.06 bits per heavy atom. The summed E-state index contributed by atoms with van der Waals surface area (Å²) in [4.78, 5) is 22.7. The molecule has 0 atom stereocenters. The zero-order chi connectivity index (χ0) is 22.6. The van der Waals surface area contributed by atoms with E-state index in [1.807, 2.05) is 0 Å². The minimum absolute atomic E-state index is 0.0718. The van der Waals surface area contributed by atoms with Crippen LogP contribution in [0.2, 0.25) is 0 Å². The number of anilines is 2. The highest BCUT2D eigenvalue weighted by Gasteiger charge is 2.21. The Bertz CT molecular complexity index is 1230. The first-order valence-electron chi connectivity index (χ1n) is 9.02. The van der Waals surface area contributed by atoms with E-state index in [1.165, 1.54) is 60.7 Å². The first kappa shape index (κ1) is 21.9. The third-order valence-corrected chi connectivity index (χ3v) is 5.51. The average molecular weight is 443 g/mol. The van der Waals surface area contributed by atoms with Crippen molar-refractivity contribution in [3.63, 3.8) is 0 Å². The van der Waals surface area contributed by atoms with Crippen LogP contribution in [-0.2, 0) is 16.6 Å². The van der Waals surface area contributed by atoms with Crippen molar-refractivity contribution in [2.45, 2.75) is 6.54 Å². The molecule has 3 rings (SSSR count). The number of benzene rings is 3. The second kappa shape index (κ2) is 8.92. The second-order valence-electron chi connectivity index (χ2n) is 6.68. The lowest BCUT2D eigenvalue weighted by Crippen LogP contribution is -2.30. The Hall–Kier alpha value is -3.79. The summed E-state index contributed by atoms with van der Waals surface area (Å²) in [6, 6.07) is 17.2. The van der Waals surface area contributed by atoms with Crippen LogP contribution in [0.25, 0.3) is 0 Å². The monoisotopic (exact) mass is 443 g/mol. The van der Waals surface area contributed by atoms with Gasteiger partial charge >= 0.3 is 0 Å². The van der Waals surface area contributed by atoms with Crippen molar-refractivity contribution < 1.29 is 22.5 Å². The van der Waals surface area contributed by atoms with Gasteiger partial charge in [-0.1, -0.05) is 30.3 Å². The molecular weight excluding hydrogens is 425 g/mol. The van der Waals surface area contributed by atoms with Crippen LogP contribution in [-0.4, -0.2) is 25.5 Å². The number of sulfonamides is 1. The molecule has 0 saturated heterocycles. The summed E-state index contributed by atoms with van der Waals surface area (Å²) < 4.78 is 39.5. The van der Waals surface area contributed by atoms with Crippen molar-refractivity contribution >= 4 is 33.0 Å². The van der Waals surface area contributed by atoms with Gasteiger partial charge in [-0.05, 0) is 35.9 Å². The summed E-state index contributed by atoms with van der Waals surface area (Å²) >= 11 is 0. The van der Waals surface area contributed by atoms with Crippen molar-refractivity contribution in [3.8, 4) is 0 Å². The molecule has 3 aromatic carbocycles. The smallest absolute Gasteiger partial charge is 0.271 e. The predicted octanol–water partition coefficient (Wildman–Crippen LogP) is 3.95. The number of para-hydroxylation sites is 1. The lowest BCUT2D eigenvalue weighted by Gasteiger charge is -2.23. The molecular formula is C21H18FN3O5S. The van der Waals surface area contributed by atoms with E-state index < -0.39 is 26.7 Å². The number of carbonyl (C=O) groups excluding carboxylic acids is 1. The van der Waals surface area contributed by atoms with Crippen molar-refractivity contribution in [2.75, 3.05) is 15.9 Å². The molecule has 3 aromatic rings. The number of rotatable bonds is 7. The highest BCUT2D eigenvalue weighted by Crippen LogP contribution is 2.24. The van der Waals surface area contributed by atoms with Crippen LogP contribution in [0.3, 0.4) is 0 Å². The highest BCUT2D eigenvalue weighted by atomic mass is 32.2. The number of nitro benzene ring substituents is 1. The number of non-ortho nitro benzene ring substituents is 1. The largest absolute Gasteiger partial charge is 0.322 e. The van der Waals surface area contributed by atoms with Crippen LogP contribution in [0.4, 0.5) is 21.5 Å². The SMILES string of the molecule is CS(=O)(=O)N(Cc1ccc(C(=O)Nc2cccc([N+](=O)[O-])c2)cc1)c1ccccc1F. The number of halogens is 1. The van der Waals surface area contributed by atoms with Gasteiger partial charge in [0.25, 0.3) is 11.6 Å². The summed E-state index contributed by atoms with van der Waals surface area (Å²) in [5.41, 5.74) is 0.860. The molecule has 0 unspecified atom stereocenters. The Morgan fingerprint density at radius 2 is 1.74 bits per heavy atom. The van der Waals surface area contributed by atoms with Gasteiger partial charge in [-0.15, -0.1) is 0 Å². The van der Waals surface area contributed by atoms with E-state index in [0.29, 0.717) is 5.56 Å². The molecule has 0 aliphatic heterocycles. The molecule has 10 heteroatoms. The van der Waals surface area contributed by atoms with Crippen LogP contribution >= 0.6 is 0 Å². The van der Waals surface area contributed by atoms with Crippen LogP contribution in [0, 0.1) is 15.9 Å². The third-order valence-electron chi connectivity index (χ3n) is 4.38. The standard InChI is InChI=1S/C21H18FN3O5S/c1-31(29,30)24(20-8-3-2-7-19(20)22)14-15-9-11-16(12-10-15)21(26)23-17-5-4-6-18(13-17)25(27)28/h2-13H,14H2,1H3,(H,23,26). The number of carbonyl (C=O) groups is 1. The number of nitrogens with one attached hydrogen (secondary N) is 1. The maximum Gasteiger partial charge on any atom is 0.271 e. The molecule has 160 valence electrons. The highest BCUT2D eigenvalue weighted by molar-refractivity contribution is 7.92. The van der Waals surface area contributed by atoms with Gasteiger partial charge < -0.3 is 5.32 Å². The summed E-state index contributed by atoms with van der Waals surface area (Å²) in [7, 11) is -3.76. The molecule has 0 aromatic heterocycles. The van der Waals surface area contributed by atoms with Gasteiger partial charge in [-0.2, -0.15) is 0 Å². The molecule has 0 saturated carbocycles. The topological polar surface area (TPSA) is 110 Å². The fourth-order valence-corrected chi connectivity index (χ4v) is 3.75. The Labute approximate surface area is 178 Å². The van der Waals surface area contributed by atoms with E-state index in [1.54, 1.807) is 12.1 Å². The molecule has 1 amide bonds. The van der Waals surface area contributed by atoms with Crippen LogP contribution in [0.15, 0.2) is 72.8 Å². The number of nitro groups is 1. The van der Waals surface area contributed by atoms with Gasteiger partial charge in [0, 0.05) is 23.4 Å². The van der Waals surface area contributed by atoms with Gasteiger partial charge in [0.15, 0.2) is 0 Å². The number of nitrogens with zero attached hydrogens (tertiary/aromatic N) is 2. The van der Waals surface area contributed by atoms with Crippen LogP contribution in [0.1, 0.15) is 15.9 Å². The number of hydrogen-bond donors (Lipinski definition) is 1. The van der Waals surface area contributed by atoms with Crippen LogP contribution < -0.4 is 9.62 Å². The first-order valence-corrected chi connectivity index (χ1v) is 10.9. The lowest BCUT2D eigenvalue weighted by molar-refractivity contribution is -0.384. The number of hydrogen-bond acceptors (Lipinski definition) is 5. The quantitative estimate of drug-likeness (QED) is 0.439. The molecule has 0 radical (unpaired) electrons. The van der Waals surface area contributed by atoms with Crippen molar-refractivity contribution in [1.29, 1.82) is 0 Å². The van der Waals surface area contributed by atoms with E-state index in [2.05, 4.69) is 5.32 Å². The van der Waals surface area contributed by atoms with E-state index in [4.69, 9.17) is 0 Å². The molecule has 0 aliphatic rings. The van der Waals surface area contributed by atoms with Crippen molar-refractivity contribution in [1.82, 2.24) is 0 Å². The van der Waals surface area contributed by atoms with E-state index >= 15 is 0 Å². The van der Waals surface area contributed by atoms with Gasteiger partial charge in [-0.25, -0.2) is 12.8 Å². The van der Waals surface area contributed by atoms with Crippen molar-refractivity contribution in [3.05, 3.63) is 99.9 Å². The van der Waals surface area contributed by atoms with Crippen LogP contribution in [0.5, 0.6) is 0 Å². The van der Waals surface area contributed by atoms with Gasteiger partial charge in [-0.3, -0.25) is 19.2 Å².